The van der Waals surface area contributed by atoms with Crippen molar-refractivity contribution in [3.05, 3.63) is 29.8 Å². The van der Waals surface area contributed by atoms with Gasteiger partial charge >= 0.3 is 0 Å². The fourth-order valence-corrected chi connectivity index (χ4v) is 2.85. The van der Waals surface area contributed by atoms with Gasteiger partial charge in [0, 0.05) is 24.3 Å². The summed E-state index contributed by atoms with van der Waals surface area (Å²) in [5.41, 5.74) is 2.93. The summed E-state index contributed by atoms with van der Waals surface area (Å²) < 4.78 is 0. The lowest BCUT2D eigenvalue weighted by Crippen LogP contribution is -2.29. The summed E-state index contributed by atoms with van der Waals surface area (Å²) in [6.07, 6.45) is 5.07. The van der Waals surface area contributed by atoms with Crippen molar-refractivity contribution in [3.63, 3.8) is 0 Å². The van der Waals surface area contributed by atoms with E-state index >= 15 is 0 Å². The monoisotopic (exact) mass is 260 g/mol. The highest BCUT2D eigenvalue weighted by Crippen LogP contribution is 2.36. The number of hydrogen-bond donors (Lipinski definition) is 1. The van der Waals surface area contributed by atoms with Crippen LogP contribution in [0.15, 0.2) is 24.3 Å². The molecule has 0 radical (unpaired) electrons. The molecule has 0 heterocycles. The molecule has 1 aromatic rings. The van der Waals surface area contributed by atoms with Crippen LogP contribution >= 0.6 is 0 Å². The molecule has 1 atom stereocenters. The molecule has 2 nitrogen and oxygen atoms in total. The van der Waals surface area contributed by atoms with E-state index in [9.17, 15) is 0 Å². The Morgan fingerprint density at radius 1 is 1.21 bits per heavy atom. The molecule has 0 bridgehead atoms. The highest BCUT2D eigenvalue weighted by molar-refractivity contribution is 5.56. The van der Waals surface area contributed by atoms with Crippen molar-refractivity contribution in [1.82, 2.24) is 5.32 Å². The van der Waals surface area contributed by atoms with Gasteiger partial charge in [-0.05, 0) is 50.8 Å². The number of rotatable bonds is 8. The van der Waals surface area contributed by atoms with Crippen LogP contribution in [0, 0.1) is 0 Å². The zero-order chi connectivity index (χ0) is 13.7. The Kier molecular flexibility index (Phi) is 5.26. The summed E-state index contributed by atoms with van der Waals surface area (Å²) in [7, 11) is 0. The molecule has 1 aliphatic rings. The molecular weight excluding hydrogens is 232 g/mol. The Morgan fingerprint density at radius 3 is 2.53 bits per heavy atom. The predicted molar refractivity (Wildman–Crippen MR) is 83.8 cm³/mol. The Labute approximate surface area is 118 Å². The van der Waals surface area contributed by atoms with E-state index in [1.54, 1.807) is 0 Å². The second kappa shape index (κ2) is 6.95. The topological polar surface area (TPSA) is 15.3 Å². The molecular formula is C17H28N2. The largest absolute Gasteiger partial charge is 0.369 e. The molecule has 0 aromatic heterocycles. The van der Waals surface area contributed by atoms with E-state index in [1.807, 2.05) is 0 Å². The fourth-order valence-electron chi connectivity index (χ4n) is 2.85. The first kappa shape index (κ1) is 14.4. The quantitative estimate of drug-likeness (QED) is 0.756. The van der Waals surface area contributed by atoms with Gasteiger partial charge in [0.1, 0.15) is 0 Å². The van der Waals surface area contributed by atoms with E-state index in [2.05, 4.69) is 55.3 Å². The second-order valence-electron chi connectivity index (χ2n) is 5.49. The summed E-state index contributed by atoms with van der Waals surface area (Å²) in [6.45, 7) is 9.00. The molecule has 1 fully saturated rings. The van der Waals surface area contributed by atoms with Crippen LogP contribution in [0.5, 0.6) is 0 Å². The van der Waals surface area contributed by atoms with Crippen LogP contribution < -0.4 is 10.2 Å². The van der Waals surface area contributed by atoms with Gasteiger partial charge in [-0.1, -0.05) is 32.0 Å². The van der Waals surface area contributed by atoms with Gasteiger partial charge in [0.2, 0.25) is 0 Å². The van der Waals surface area contributed by atoms with Crippen molar-refractivity contribution in [3.8, 4) is 0 Å². The summed E-state index contributed by atoms with van der Waals surface area (Å²) in [5.74, 6) is 0. The van der Waals surface area contributed by atoms with Crippen LogP contribution in [0.4, 0.5) is 5.69 Å². The van der Waals surface area contributed by atoms with Gasteiger partial charge in [-0.2, -0.15) is 0 Å². The molecule has 0 amide bonds. The summed E-state index contributed by atoms with van der Waals surface area (Å²) in [6, 6.07) is 10.2. The molecule has 2 heteroatoms. The van der Waals surface area contributed by atoms with Crippen molar-refractivity contribution in [2.24, 2.45) is 0 Å². The van der Waals surface area contributed by atoms with Gasteiger partial charge in [0.05, 0.1) is 0 Å². The lowest BCUT2D eigenvalue weighted by atomic mass is 10.0. The highest BCUT2D eigenvalue weighted by Gasteiger charge is 2.30. The van der Waals surface area contributed by atoms with Crippen LogP contribution in [0.25, 0.3) is 0 Å². The Bertz CT molecular complexity index is 385. The molecule has 0 spiro atoms. The van der Waals surface area contributed by atoms with Gasteiger partial charge in [-0.15, -0.1) is 0 Å². The normalized spacial score (nSPS) is 16.4. The van der Waals surface area contributed by atoms with E-state index in [0.29, 0.717) is 6.04 Å². The molecule has 2 rings (SSSR count). The predicted octanol–water partition coefficient (Wildman–Crippen LogP) is 4.13. The maximum absolute atomic E-state index is 3.69. The van der Waals surface area contributed by atoms with Crippen LogP contribution in [-0.4, -0.2) is 19.1 Å². The van der Waals surface area contributed by atoms with Crippen LogP contribution in [0.2, 0.25) is 0 Å². The smallest absolute Gasteiger partial charge is 0.0417 e. The number of benzene rings is 1. The first-order valence-corrected chi connectivity index (χ1v) is 7.90. The molecule has 1 aliphatic carbocycles. The summed E-state index contributed by atoms with van der Waals surface area (Å²) in [5, 5.41) is 3.69. The average Bonchev–Trinajstić information content (AvgIpc) is 3.27. The zero-order valence-corrected chi connectivity index (χ0v) is 12.7. The van der Waals surface area contributed by atoms with Crippen molar-refractivity contribution >= 4 is 5.69 Å². The van der Waals surface area contributed by atoms with Gasteiger partial charge in [-0.25, -0.2) is 0 Å². The number of nitrogens with one attached hydrogen (secondary N) is 1. The van der Waals surface area contributed by atoms with Crippen molar-refractivity contribution in [2.75, 3.05) is 18.0 Å². The number of anilines is 1. The zero-order valence-electron chi connectivity index (χ0n) is 12.7. The molecule has 1 N–H and O–H groups in total. The molecule has 1 unspecified atom stereocenters. The van der Waals surface area contributed by atoms with Gasteiger partial charge in [-0.3, -0.25) is 0 Å². The van der Waals surface area contributed by atoms with E-state index in [-0.39, 0.29) is 0 Å². The highest BCUT2D eigenvalue weighted by atomic mass is 15.2. The SMILES string of the molecule is CCCNC(CC)c1ccccc1N(CC)C1CC1. The minimum Gasteiger partial charge on any atom is -0.369 e. The molecule has 106 valence electrons. The third kappa shape index (κ3) is 3.50. The lowest BCUT2D eigenvalue weighted by molar-refractivity contribution is 0.517. The average molecular weight is 260 g/mol. The van der Waals surface area contributed by atoms with Crippen LogP contribution in [0.3, 0.4) is 0 Å². The van der Waals surface area contributed by atoms with E-state index in [4.69, 9.17) is 0 Å². The van der Waals surface area contributed by atoms with Crippen molar-refractivity contribution in [2.45, 2.75) is 58.5 Å². The fraction of sp³-hybridized carbons (Fsp3) is 0.647. The Morgan fingerprint density at radius 2 is 1.95 bits per heavy atom. The minimum atomic E-state index is 0.490. The molecule has 19 heavy (non-hydrogen) atoms. The summed E-state index contributed by atoms with van der Waals surface area (Å²) in [4.78, 5) is 2.59. The molecule has 1 saturated carbocycles. The van der Waals surface area contributed by atoms with Gasteiger partial charge in [0.25, 0.3) is 0 Å². The standard InChI is InChI=1S/C17H28N2/c1-4-13-18-16(5-2)15-9-7-8-10-17(15)19(6-3)14-11-12-14/h7-10,14,16,18H,4-6,11-13H2,1-3H3. The van der Waals surface area contributed by atoms with Gasteiger partial charge in [0.15, 0.2) is 0 Å². The Hall–Kier alpha value is -1.02. The van der Waals surface area contributed by atoms with E-state index < -0.39 is 0 Å². The van der Waals surface area contributed by atoms with E-state index in [1.165, 1.54) is 30.5 Å². The first-order chi connectivity index (χ1) is 9.31. The molecule has 0 aliphatic heterocycles. The van der Waals surface area contributed by atoms with E-state index in [0.717, 1.165) is 25.6 Å². The van der Waals surface area contributed by atoms with Gasteiger partial charge < -0.3 is 10.2 Å². The Balaban J connectivity index is 2.22. The number of hydrogen-bond acceptors (Lipinski definition) is 2. The maximum Gasteiger partial charge on any atom is 0.0417 e. The molecule has 1 aromatic carbocycles. The molecule has 0 saturated heterocycles. The second-order valence-corrected chi connectivity index (χ2v) is 5.49. The van der Waals surface area contributed by atoms with Crippen LogP contribution in [-0.2, 0) is 0 Å². The number of nitrogens with zero attached hydrogens (tertiary/aromatic N) is 1. The number of para-hydroxylation sites is 1. The minimum absolute atomic E-state index is 0.490. The maximum atomic E-state index is 3.69. The lowest BCUT2D eigenvalue weighted by Gasteiger charge is -2.29. The van der Waals surface area contributed by atoms with Crippen molar-refractivity contribution < 1.29 is 0 Å². The summed E-state index contributed by atoms with van der Waals surface area (Å²) >= 11 is 0. The third-order valence-electron chi connectivity index (χ3n) is 4.00. The van der Waals surface area contributed by atoms with Crippen LogP contribution in [0.1, 0.15) is 58.1 Å². The third-order valence-corrected chi connectivity index (χ3v) is 4.00. The first-order valence-electron chi connectivity index (χ1n) is 7.90. The van der Waals surface area contributed by atoms with Crippen molar-refractivity contribution in [1.29, 1.82) is 0 Å².